The zero-order valence-electron chi connectivity index (χ0n) is 18.0. The van der Waals surface area contributed by atoms with E-state index in [1.165, 1.54) is 11.3 Å². The first-order valence-corrected chi connectivity index (χ1v) is 10.8. The molecule has 1 N–H and O–H groups in total. The molecule has 0 radical (unpaired) electrons. The number of amides is 1. The van der Waals surface area contributed by atoms with Crippen LogP contribution in [0.3, 0.4) is 0 Å². The first-order valence-electron chi connectivity index (χ1n) is 10.8. The standard InChI is InChI=1S/C23H30N6O/c1-16(2)17(3)27-23(30)21-22-25-10-6-20(29(22)15-26-21)19-7-11-28(12-8-19)14-18-5-4-9-24-13-18/h4-6,9-10,13,15-17,19H,7-8,11-12,14H2,1-3H3,(H,27,30). The maximum absolute atomic E-state index is 12.7. The fourth-order valence-electron chi connectivity index (χ4n) is 3.99. The molecule has 1 amide bonds. The predicted octanol–water partition coefficient (Wildman–Crippen LogP) is 3.28. The van der Waals surface area contributed by atoms with Crippen LogP contribution in [0.5, 0.6) is 0 Å². The van der Waals surface area contributed by atoms with Crippen molar-refractivity contribution in [3.63, 3.8) is 0 Å². The Bertz CT molecular complexity index is 991. The third-order valence-corrected chi connectivity index (χ3v) is 6.17. The number of fused-ring (bicyclic) bond motifs is 1. The van der Waals surface area contributed by atoms with Gasteiger partial charge in [0.15, 0.2) is 11.3 Å². The van der Waals surface area contributed by atoms with Crippen molar-refractivity contribution in [1.82, 2.24) is 29.6 Å². The third kappa shape index (κ3) is 4.36. The predicted molar refractivity (Wildman–Crippen MR) is 116 cm³/mol. The second-order valence-electron chi connectivity index (χ2n) is 8.57. The Labute approximate surface area is 177 Å². The molecular weight excluding hydrogens is 376 g/mol. The number of imidazole rings is 1. The molecular formula is C23H30N6O. The molecule has 4 rings (SSSR count). The number of aromatic nitrogens is 4. The molecule has 0 bridgehead atoms. The van der Waals surface area contributed by atoms with Crippen molar-refractivity contribution in [3.05, 3.63) is 60.1 Å². The molecule has 0 saturated carbocycles. The number of nitrogens with one attached hydrogen (secondary N) is 1. The number of hydrogen-bond acceptors (Lipinski definition) is 5. The third-order valence-electron chi connectivity index (χ3n) is 6.17. The molecule has 3 aromatic rings. The molecule has 30 heavy (non-hydrogen) atoms. The van der Waals surface area contributed by atoms with Crippen LogP contribution in [0.25, 0.3) is 5.65 Å². The fraction of sp³-hybridized carbons (Fsp3) is 0.478. The highest BCUT2D eigenvalue weighted by atomic mass is 16.2. The van der Waals surface area contributed by atoms with Gasteiger partial charge in [-0.1, -0.05) is 19.9 Å². The molecule has 158 valence electrons. The Morgan fingerprint density at radius 1 is 1.17 bits per heavy atom. The summed E-state index contributed by atoms with van der Waals surface area (Å²) in [7, 11) is 0. The molecule has 0 aromatic carbocycles. The molecule has 1 unspecified atom stereocenters. The number of carbonyl (C=O) groups excluding carboxylic acids is 1. The lowest BCUT2D eigenvalue weighted by Crippen LogP contribution is -2.36. The van der Waals surface area contributed by atoms with E-state index in [4.69, 9.17) is 0 Å². The minimum atomic E-state index is -0.158. The van der Waals surface area contributed by atoms with E-state index in [1.807, 2.05) is 29.8 Å². The van der Waals surface area contributed by atoms with Gasteiger partial charge >= 0.3 is 0 Å². The van der Waals surface area contributed by atoms with Crippen LogP contribution in [0.1, 0.15) is 61.3 Å². The van der Waals surface area contributed by atoms with Crippen molar-refractivity contribution in [1.29, 1.82) is 0 Å². The van der Waals surface area contributed by atoms with Crippen molar-refractivity contribution in [2.75, 3.05) is 13.1 Å². The molecule has 3 aromatic heterocycles. The summed E-state index contributed by atoms with van der Waals surface area (Å²) in [6.45, 7) is 9.21. The highest BCUT2D eigenvalue weighted by Gasteiger charge is 2.25. The highest BCUT2D eigenvalue weighted by Crippen LogP contribution is 2.29. The Balaban J connectivity index is 1.46. The van der Waals surface area contributed by atoms with Crippen LogP contribution in [-0.2, 0) is 6.54 Å². The van der Waals surface area contributed by atoms with Gasteiger partial charge in [-0.2, -0.15) is 0 Å². The minimum absolute atomic E-state index is 0.0848. The van der Waals surface area contributed by atoms with E-state index in [0.717, 1.165) is 32.5 Å². The van der Waals surface area contributed by atoms with Gasteiger partial charge < -0.3 is 5.32 Å². The largest absolute Gasteiger partial charge is 0.348 e. The summed E-state index contributed by atoms with van der Waals surface area (Å²) in [6, 6.07) is 6.27. The van der Waals surface area contributed by atoms with Crippen molar-refractivity contribution < 1.29 is 4.79 Å². The summed E-state index contributed by atoms with van der Waals surface area (Å²) < 4.78 is 2.00. The van der Waals surface area contributed by atoms with E-state index in [9.17, 15) is 4.79 Å². The average Bonchev–Trinajstić information content (AvgIpc) is 3.19. The maximum Gasteiger partial charge on any atom is 0.274 e. The molecule has 7 heteroatoms. The van der Waals surface area contributed by atoms with Gasteiger partial charge in [-0.3, -0.25) is 19.1 Å². The summed E-state index contributed by atoms with van der Waals surface area (Å²) >= 11 is 0. The van der Waals surface area contributed by atoms with E-state index in [1.54, 1.807) is 12.5 Å². The molecule has 1 aliphatic rings. The number of hydrogen-bond donors (Lipinski definition) is 1. The highest BCUT2D eigenvalue weighted by molar-refractivity contribution is 5.98. The van der Waals surface area contributed by atoms with E-state index >= 15 is 0 Å². The number of piperidine rings is 1. The van der Waals surface area contributed by atoms with Crippen LogP contribution in [0.4, 0.5) is 0 Å². The summed E-state index contributed by atoms with van der Waals surface area (Å²) in [5.41, 5.74) is 3.48. The van der Waals surface area contributed by atoms with Gasteiger partial charge in [0.1, 0.15) is 6.33 Å². The smallest absolute Gasteiger partial charge is 0.274 e. The lowest BCUT2D eigenvalue weighted by Gasteiger charge is -2.32. The van der Waals surface area contributed by atoms with E-state index in [2.05, 4.69) is 51.1 Å². The zero-order chi connectivity index (χ0) is 21.1. The average molecular weight is 407 g/mol. The molecule has 0 spiro atoms. The van der Waals surface area contributed by atoms with Gasteiger partial charge in [0.25, 0.3) is 5.91 Å². The molecule has 0 aliphatic carbocycles. The number of carbonyl (C=O) groups is 1. The van der Waals surface area contributed by atoms with Gasteiger partial charge in [-0.05, 0) is 56.5 Å². The SMILES string of the molecule is CC(C)C(C)NC(=O)c1ncn2c(C3CCN(Cc4cccnc4)CC3)ccnc12. The lowest BCUT2D eigenvalue weighted by atomic mass is 9.93. The van der Waals surface area contributed by atoms with Gasteiger partial charge in [0, 0.05) is 42.8 Å². The van der Waals surface area contributed by atoms with Crippen molar-refractivity contribution >= 4 is 11.6 Å². The molecule has 7 nitrogen and oxygen atoms in total. The van der Waals surface area contributed by atoms with Crippen molar-refractivity contribution in [3.8, 4) is 0 Å². The zero-order valence-corrected chi connectivity index (χ0v) is 18.0. The maximum atomic E-state index is 12.7. The van der Waals surface area contributed by atoms with Crippen LogP contribution in [-0.4, -0.2) is 49.3 Å². The molecule has 1 atom stereocenters. The number of nitrogens with zero attached hydrogens (tertiary/aromatic N) is 5. The summed E-state index contributed by atoms with van der Waals surface area (Å²) in [4.78, 5) is 28.3. The Hall–Kier alpha value is -2.80. The molecule has 4 heterocycles. The monoisotopic (exact) mass is 406 g/mol. The van der Waals surface area contributed by atoms with Crippen LogP contribution in [0.2, 0.25) is 0 Å². The Morgan fingerprint density at radius 2 is 1.97 bits per heavy atom. The number of rotatable bonds is 6. The van der Waals surface area contributed by atoms with Crippen molar-refractivity contribution in [2.45, 2.75) is 52.1 Å². The molecule has 1 saturated heterocycles. The topological polar surface area (TPSA) is 75.4 Å². The van der Waals surface area contributed by atoms with Gasteiger partial charge in [0.05, 0.1) is 0 Å². The number of pyridine rings is 1. The first-order chi connectivity index (χ1) is 14.5. The second kappa shape index (κ2) is 8.92. The molecule has 1 aliphatic heterocycles. The summed E-state index contributed by atoms with van der Waals surface area (Å²) in [5.74, 6) is 0.637. The molecule has 1 fully saturated rings. The fourth-order valence-corrected chi connectivity index (χ4v) is 3.99. The van der Waals surface area contributed by atoms with E-state index in [0.29, 0.717) is 23.2 Å². The van der Waals surface area contributed by atoms with E-state index < -0.39 is 0 Å². The normalized spacial score (nSPS) is 16.8. The Kier molecular flexibility index (Phi) is 6.08. The summed E-state index contributed by atoms with van der Waals surface area (Å²) in [6.07, 6.45) is 9.45. The number of likely N-dealkylation sites (tertiary alicyclic amines) is 1. The van der Waals surface area contributed by atoms with Crippen molar-refractivity contribution in [2.24, 2.45) is 5.92 Å². The quantitative estimate of drug-likeness (QED) is 0.680. The van der Waals surface area contributed by atoms with Crippen LogP contribution in [0, 0.1) is 5.92 Å². The Morgan fingerprint density at radius 3 is 2.67 bits per heavy atom. The first kappa shape index (κ1) is 20.5. The minimum Gasteiger partial charge on any atom is -0.348 e. The van der Waals surface area contributed by atoms with Crippen LogP contribution in [0.15, 0.2) is 43.1 Å². The van der Waals surface area contributed by atoms with Gasteiger partial charge in [-0.25, -0.2) is 9.97 Å². The summed E-state index contributed by atoms with van der Waals surface area (Å²) in [5, 5.41) is 3.04. The van der Waals surface area contributed by atoms with Crippen LogP contribution < -0.4 is 5.32 Å². The van der Waals surface area contributed by atoms with Crippen LogP contribution >= 0.6 is 0 Å². The van der Waals surface area contributed by atoms with Gasteiger partial charge in [-0.15, -0.1) is 0 Å². The van der Waals surface area contributed by atoms with Gasteiger partial charge in [0.2, 0.25) is 0 Å². The second-order valence-corrected chi connectivity index (χ2v) is 8.57. The lowest BCUT2D eigenvalue weighted by molar-refractivity contribution is 0.0927. The van der Waals surface area contributed by atoms with E-state index in [-0.39, 0.29) is 11.9 Å².